The minimum Gasteiger partial charge on any atom is -0.461 e. The van der Waals surface area contributed by atoms with E-state index in [0.717, 1.165) is 12.1 Å². The summed E-state index contributed by atoms with van der Waals surface area (Å²) in [5.74, 6) is -1.74. The average molecular weight is 271 g/mol. The number of ether oxygens (including phenoxy) is 2. The highest BCUT2D eigenvalue weighted by atomic mass is 19.1. The molecule has 0 amide bonds. The van der Waals surface area contributed by atoms with Crippen LogP contribution in [0.25, 0.3) is 0 Å². The standard InChI is InChI=1S/C11H10FNO6/c1-2-18-11(15)10(12)19-9-4-3-7(6-14)5-8(9)13(16)17/h3-6,10H,2H2,1H3. The minimum absolute atomic E-state index is 0.0330. The summed E-state index contributed by atoms with van der Waals surface area (Å²) in [5, 5.41) is 10.7. The van der Waals surface area contributed by atoms with Gasteiger partial charge in [0.15, 0.2) is 0 Å². The van der Waals surface area contributed by atoms with E-state index < -0.39 is 28.7 Å². The van der Waals surface area contributed by atoms with E-state index in [0.29, 0.717) is 6.29 Å². The van der Waals surface area contributed by atoms with Crippen molar-refractivity contribution < 1.29 is 28.4 Å². The first kappa shape index (κ1) is 14.6. The van der Waals surface area contributed by atoms with Gasteiger partial charge in [0.05, 0.1) is 11.5 Å². The maximum Gasteiger partial charge on any atom is 0.381 e. The third kappa shape index (κ3) is 3.73. The molecule has 0 bridgehead atoms. The second kappa shape index (κ2) is 6.43. The van der Waals surface area contributed by atoms with Crippen molar-refractivity contribution in [3.05, 3.63) is 33.9 Å². The molecule has 0 aromatic heterocycles. The van der Waals surface area contributed by atoms with Crippen LogP contribution in [0.2, 0.25) is 0 Å². The zero-order chi connectivity index (χ0) is 14.4. The lowest BCUT2D eigenvalue weighted by Gasteiger charge is -2.10. The highest BCUT2D eigenvalue weighted by Crippen LogP contribution is 2.28. The fourth-order valence-corrected chi connectivity index (χ4v) is 1.22. The SMILES string of the molecule is CCOC(=O)C(F)Oc1ccc(C=O)cc1[N+](=O)[O-]. The number of nitrogens with zero attached hydrogens (tertiary/aromatic N) is 1. The van der Waals surface area contributed by atoms with Crippen molar-refractivity contribution in [2.75, 3.05) is 6.61 Å². The molecule has 0 aliphatic rings. The molecule has 0 spiro atoms. The lowest BCUT2D eigenvalue weighted by molar-refractivity contribution is -0.386. The van der Waals surface area contributed by atoms with Crippen molar-refractivity contribution >= 4 is 17.9 Å². The number of benzene rings is 1. The molecule has 102 valence electrons. The monoisotopic (exact) mass is 271 g/mol. The summed E-state index contributed by atoms with van der Waals surface area (Å²) in [5.41, 5.74) is -0.581. The fraction of sp³-hybridized carbons (Fsp3) is 0.273. The van der Waals surface area contributed by atoms with Crippen molar-refractivity contribution in [2.24, 2.45) is 0 Å². The molecule has 1 unspecified atom stereocenters. The lowest BCUT2D eigenvalue weighted by atomic mass is 10.2. The quantitative estimate of drug-likeness (QED) is 0.338. The predicted molar refractivity (Wildman–Crippen MR) is 60.6 cm³/mol. The number of hydrogen-bond acceptors (Lipinski definition) is 6. The van der Waals surface area contributed by atoms with Gasteiger partial charge in [0.25, 0.3) is 0 Å². The van der Waals surface area contributed by atoms with Gasteiger partial charge in [-0.3, -0.25) is 14.9 Å². The predicted octanol–water partition coefficient (Wildman–Crippen LogP) is 1.64. The molecule has 0 heterocycles. The molecule has 1 aromatic rings. The number of hydrogen-bond donors (Lipinski definition) is 0. The van der Waals surface area contributed by atoms with Gasteiger partial charge < -0.3 is 9.47 Å². The Balaban J connectivity index is 2.97. The Morgan fingerprint density at radius 1 is 1.58 bits per heavy atom. The number of carbonyl (C=O) groups excluding carboxylic acids is 2. The fourth-order valence-electron chi connectivity index (χ4n) is 1.22. The number of nitro groups is 1. The normalized spacial score (nSPS) is 11.5. The Bertz CT molecular complexity index is 504. The van der Waals surface area contributed by atoms with Crippen molar-refractivity contribution in [1.29, 1.82) is 0 Å². The third-order valence-corrected chi connectivity index (χ3v) is 2.02. The van der Waals surface area contributed by atoms with Crippen LogP contribution in [0.5, 0.6) is 5.75 Å². The maximum atomic E-state index is 13.3. The molecule has 0 aliphatic heterocycles. The van der Waals surface area contributed by atoms with Gasteiger partial charge in [-0.25, -0.2) is 4.79 Å². The Morgan fingerprint density at radius 3 is 2.79 bits per heavy atom. The summed E-state index contributed by atoms with van der Waals surface area (Å²) < 4.78 is 22.2. The van der Waals surface area contributed by atoms with Crippen LogP contribution in [0.4, 0.5) is 10.1 Å². The zero-order valence-corrected chi connectivity index (χ0v) is 9.87. The van der Waals surface area contributed by atoms with Gasteiger partial charge in [0.2, 0.25) is 5.75 Å². The summed E-state index contributed by atoms with van der Waals surface area (Å²) >= 11 is 0. The molecule has 1 aromatic carbocycles. The number of carbonyl (C=O) groups is 2. The number of halogens is 1. The third-order valence-electron chi connectivity index (χ3n) is 2.02. The highest BCUT2D eigenvalue weighted by Gasteiger charge is 2.25. The van der Waals surface area contributed by atoms with Crippen molar-refractivity contribution in [1.82, 2.24) is 0 Å². The van der Waals surface area contributed by atoms with Crippen LogP contribution in [-0.2, 0) is 9.53 Å². The number of alkyl halides is 1. The van der Waals surface area contributed by atoms with Crippen LogP contribution in [0.3, 0.4) is 0 Å². The van der Waals surface area contributed by atoms with Crippen LogP contribution >= 0.6 is 0 Å². The van der Waals surface area contributed by atoms with Crippen LogP contribution in [-0.4, -0.2) is 30.1 Å². The lowest BCUT2D eigenvalue weighted by Crippen LogP contribution is -2.25. The van der Waals surface area contributed by atoms with Gasteiger partial charge in [-0.15, -0.1) is 0 Å². The molecular weight excluding hydrogens is 261 g/mol. The summed E-state index contributed by atoms with van der Waals surface area (Å²) in [6.07, 6.45) is -2.07. The molecule has 0 saturated heterocycles. The largest absolute Gasteiger partial charge is 0.461 e. The molecule has 1 atom stereocenters. The van der Waals surface area contributed by atoms with Crippen molar-refractivity contribution in [3.8, 4) is 5.75 Å². The second-order valence-corrected chi connectivity index (χ2v) is 3.29. The van der Waals surface area contributed by atoms with E-state index in [1.165, 1.54) is 13.0 Å². The molecule has 0 fully saturated rings. The molecule has 0 aliphatic carbocycles. The van der Waals surface area contributed by atoms with Gasteiger partial charge in [-0.1, -0.05) is 0 Å². The second-order valence-electron chi connectivity index (χ2n) is 3.29. The van der Waals surface area contributed by atoms with Gasteiger partial charge in [-0.2, -0.15) is 4.39 Å². The number of nitro benzene ring substituents is 1. The molecule has 1 rings (SSSR count). The van der Waals surface area contributed by atoms with E-state index in [2.05, 4.69) is 9.47 Å². The van der Waals surface area contributed by atoms with Crippen LogP contribution in [0, 0.1) is 10.1 Å². The average Bonchev–Trinajstić information content (AvgIpc) is 2.39. The zero-order valence-electron chi connectivity index (χ0n) is 9.87. The number of esters is 1. The first-order valence-corrected chi connectivity index (χ1v) is 5.20. The van der Waals surface area contributed by atoms with Gasteiger partial charge in [0, 0.05) is 11.6 Å². The van der Waals surface area contributed by atoms with E-state index in [9.17, 15) is 24.1 Å². The first-order valence-electron chi connectivity index (χ1n) is 5.20. The van der Waals surface area contributed by atoms with E-state index >= 15 is 0 Å². The van der Waals surface area contributed by atoms with E-state index in [4.69, 9.17) is 0 Å². The van der Waals surface area contributed by atoms with Crippen LogP contribution in [0.15, 0.2) is 18.2 Å². The van der Waals surface area contributed by atoms with Gasteiger partial charge >= 0.3 is 18.0 Å². The Kier molecular flexibility index (Phi) is 4.92. The highest BCUT2D eigenvalue weighted by molar-refractivity contribution is 5.77. The molecule has 0 saturated carbocycles. The number of aldehydes is 1. The summed E-state index contributed by atoms with van der Waals surface area (Å²) in [6, 6.07) is 3.15. The first-order chi connectivity index (χ1) is 8.99. The maximum absolute atomic E-state index is 13.3. The van der Waals surface area contributed by atoms with E-state index in [-0.39, 0.29) is 12.2 Å². The van der Waals surface area contributed by atoms with Crippen molar-refractivity contribution in [2.45, 2.75) is 13.3 Å². The van der Waals surface area contributed by atoms with Crippen LogP contribution in [0.1, 0.15) is 17.3 Å². The smallest absolute Gasteiger partial charge is 0.381 e. The Labute approximate surface area is 107 Å². The van der Waals surface area contributed by atoms with Gasteiger partial charge in [-0.05, 0) is 19.1 Å². The Morgan fingerprint density at radius 2 is 2.26 bits per heavy atom. The molecular formula is C11H10FNO6. The van der Waals surface area contributed by atoms with E-state index in [1.54, 1.807) is 0 Å². The van der Waals surface area contributed by atoms with Crippen molar-refractivity contribution in [3.63, 3.8) is 0 Å². The molecule has 0 N–H and O–H groups in total. The summed E-state index contributed by atoms with van der Waals surface area (Å²) in [6.45, 7) is 1.43. The Hall–Kier alpha value is -2.51. The summed E-state index contributed by atoms with van der Waals surface area (Å²) in [7, 11) is 0. The molecule has 8 heteroatoms. The molecule has 19 heavy (non-hydrogen) atoms. The van der Waals surface area contributed by atoms with Gasteiger partial charge in [0.1, 0.15) is 6.29 Å². The van der Waals surface area contributed by atoms with Crippen LogP contribution < -0.4 is 4.74 Å². The molecule has 0 radical (unpaired) electrons. The summed E-state index contributed by atoms with van der Waals surface area (Å²) in [4.78, 5) is 31.4. The van der Waals surface area contributed by atoms with E-state index in [1.807, 2.05) is 0 Å². The topological polar surface area (TPSA) is 95.7 Å². The number of rotatable bonds is 6. The molecule has 7 nitrogen and oxygen atoms in total. The minimum atomic E-state index is -2.47.